The first-order valence-electron chi connectivity index (χ1n) is 11.5. The number of allylic oxidation sites excluding steroid dienone is 5. The Morgan fingerprint density at radius 3 is 2.79 bits per heavy atom. The Labute approximate surface area is 205 Å². The van der Waals surface area contributed by atoms with Gasteiger partial charge in [-0.1, -0.05) is 53.6 Å². The first-order valence-corrected chi connectivity index (χ1v) is 12.8. The van der Waals surface area contributed by atoms with Crippen LogP contribution in [-0.2, 0) is 14.8 Å². The van der Waals surface area contributed by atoms with E-state index in [4.69, 9.17) is 16.9 Å². The van der Waals surface area contributed by atoms with Crippen molar-refractivity contribution in [3.05, 3.63) is 76.9 Å². The van der Waals surface area contributed by atoms with Crippen LogP contribution in [0.2, 0.25) is 0 Å². The summed E-state index contributed by atoms with van der Waals surface area (Å²) in [5.74, 6) is 0.748. The van der Waals surface area contributed by atoms with Gasteiger partial charge in [0.25, 0.3) is 0 Å². The highest BCUT2D eigenvalue weighted by Gasteiger charge is 2.45. The lowest BCUT2D eigenvalue weighted by molar-refractivity contribution is -0.438. The quantitative estimate of drug-likeness (QED) is 0.129. The third-order valence-corrected chi connectivity index (χ3v) is 7.77. The Morgan fingerprint density at radius 1 is 1.15 bits per heavy atom. The summed E-state index contributed by atoms with van der Waals surface area (Å²) < 4.78 is 6.96. The lowest BCUT2D eigenvalue weighted by Gasteiger charge is -2.18. The topological polar surface area (TPSA) is 41.7 Å². The molecule has 2 aliphatic rings. The summed E-state index contributed by atoms with van der Waals surface area (Å²) in [6.07, 6.45) is 9.46. The first kappa shape index (κ1) is 24.2. The number of nitrogens with zero attached hydrogens (tertiary/aromatic N) is 1. The molecule has 2 aromatic carbocycles. The molecule has 0 bridgehead atoms. The molecule has 0 amide bonds. The van der Waals surface area contributed by atoms with Crippen molar-refractivity contribution in [3.8, 4) is 0 Å². The summed E-state index contributed by atoms with van der Waals surface area (Å²) in [6, 6.07) is 13.1. The molecule has 1 aliphatic carbocycles. The Kier molecular flexibility index (Phi) is 7.77. The van der Waals surface area contributed by atoms with Crippen molar-refractivity contribution in [1.29, 1.82) is 0 Å². The number of unbranched alkanes of at least 4 members (excludes halogenated alkanes) is 1. The van der Waals surface area contributed by atoms with Crippen LogP contribution in [0.15, 0.2) is 71.3 Å². The molecule has 0 saturated carbocycles. The average Bonchev–Trinajstić information content (AvgIpc) is 3.03. The maximum atomic E-state index is 8.30. The SMILES string of the molecule is C=C1CCCC(/C=C/C2=[N+](CCCCSOOO)c3ccc4ccccc4c3C2(C)C)=C1Cl. The lowest BCUT2D eigenvalue weighted by Crippen LogP contribution is -2.28. The molecule has 1 heterocycles. The second-order valence-corrected chi connectivity index (χ2v) is 10.3. The van der Waals surface area contributed by atoms with E-state index in [9.17, 15) is 0 Å². The third kappa shape index (κ3) is 4.98. The van der Waals surface area contributed by atoms with Crippen LogP contribution in [0.25, 0.3) is 10.8 Å². The van der Waals surface area contributed by atoms with E-state index >= 15 is 0 Å². The average molecular weight is 485 g/mol. The zero-order chi connectivity index (χ0) is 23.4. The van der Waals surface area contributed by atoms with Crippen LogP contribution < -0.4 is 0 Å². The van der Waals surface area contributed by atoms with Gasteiger partial charge < -0.3 is 0 Å². The predicted molar refractivity (Wildman–Crippen MR) is 138 cm³/mol. The summed E-state index contributed by atoms with van der Waals surface area (Å²) >= 11 is 7.71. The van der Waals surface area contributed by atoms with Crippen molar-refractivity contribution in [3.63, 3.8) is 0 Å². The summed E-state index contributed by atoms with van der Waals surface area (Å²) in [4.78, 5) is 0. The molecule has 0 atom stereocenters. The maximum Gasteiger partial charge on any atom is 0.210 e. The number of fused-ring (bicyclic) bond motifs is 3. The van der Waals surface area contributed by atoms with Crippen molar-refractivity contribution in [2.24, 2.45) is 0 Å². The van der Waals surface area contributed by atoms with Gasteiger partial charge in [-0.25, -0.2) is 5.26 Å². The van der Waals surface area contributed by atoms with Gasteiger partial charge in [-0.15, -0.1) is 4.33 Å². The van der Waals surface area contributed by atoms with Crippen LogP contribution in [0.1, 0.15) is 51.5 Å². The van der Waals surface area contributed by atoms with E-state index < -0.39 is 0 Å². The molecule has 0 fully saturated rings. The molecule has 0 spiro atoms. The number of rotatable bonds is 9. The fraction of sp³-hybridized carbons (Fsp3) is 0.370. The molecule has 4 nitrogen and oxygen atoms in total. The van der Waals surface area contributed by atoms with Gasteiger partial charge in [-0.3, -0.25) is 0 Å². The molecular weight excluding hydrogens is 454 g/mol. The molecule has 1 aliphatic heterocycles. The van der Waals surface area contributed by atoms with Gasteiger partial charge in [0.05, 0.1) is 5.41 Å². The number of hydrogen-bond acceptors (Lipinski definition) is 4. The second kappa shape index (κ2) is 10.6. The van der Waals surface area contributed by atoms with E-state index in [0.717, 1.165) is 67.0 Å². The number of benzene rings is 2. The highest BCUT2D eigenvalue weighted by atomic mass is 35.5. The van der Waals surface area contributed by atoms with E-state index in [0.29, 0.717) is 0 Å². The maximum absolute atomic E-state index is 8.30. The third-order valence-electron chi connectivity index (χ3n) is 6.65. The normalized spacial score (nSPS) is 18.1. The van der Waals surface area contributed by atoms with Gasteiger partial charge in [0.15, 0.2) is 5.71 Å². The number of hydrogen-bond donors (Lipinski definition) is 1. The van der Waals surface area contributed by atoms with Gasteiger partial charge in [-0.05, 0) is 67.5 Å². The van der Waals surface area contributed by atoms with E-state index in [-0.39, 0.29) is 5.41 Å². The van der Waals surface area contributed by atoms with Crippen LogP contribution in [0.3, 0.4) is 0 Å². The molecule has 6 heteroatoms. The smallest absolute Gasteiger partial charge is 0.210 e. The van der Waals surface area contributed by atoms with Gasteiger partial charge in [0.1, 0.15) is 6.54 Å². The highest BCUT2D eigenvalue weighted by Crippen LogP contribution is 2.44. The monoisotopic (exact) mass is 484 g/mol. The highest BCUT2D eigenvalue weighted by molar-refractivity contribution is 7.94. The molecular formula is C27H31ClNO3S+. The van der Waals surface area contributed by atoms with Crippen molar-refractivity contribution >= 4 is 45.8 Å². The Bertz CT molecular complexity index is 1150. The van der Waals surface area contributed by atoms with Crippen molar-refractivity contribution in [2.75, 3.05) is 12.3 Å². The van der Waals surface area contributed by atoms with E-state index in [1.54, 1.807) is 0 Å². The largest absolute Gasteiger partial charge is 0.220 e. The van der Waals surface area contributed by atoms with E-state index in [1.807, 2.05) is 0 Å². The standard InChI is InChI=1S/C27H30ClNO3S/c1-19-9-8-11-21(26(19)28)14-16-24-27(2,3)25-22-12-5-4-10-20(22)13-15-23(25)29(24)17-6-7-18-33-32-31-30/h4-5,10,12-16H,1,6-9,11,17-18H2,2-3H3/p+1/b16-14+. The molecule has 33 heavy (non-hydrogen) atoms. The number of halogens is 1. The second-order valence-electron chi connectivity index (χ2n) is 9.14. The van der Waals surface area contributed by atoms with Crippen molar-refractivity contribution < 1.29 is 19.2 Å². The van der Waals surface area contributed by atoms with E-state index in [2.05, 4.69) is 82.9 Å². The zero-order valence-corrected chi connectivity index (χ0v) is 20.8. The molecule has 0 unspecified atom stereocenters. The molecule has 1 N–H and O–H groups in total. The summed E-state index contributed by atoms with van der Waals surface area (Å²) in [5, 5.41) is 15.4. The van der Waals surface area contributed by atoms with Crippen molar-refractivity contribution in [2.45, 2.75) is 51.4 Å². The minimum Gasteiger partial charge on any atom is -0.220 e. The minimum atomic E-state index is -0.145. The Balaban J connectivity index is 1.71. The van der Waals surface area contributed by atoms with Crippen LogP contribution in [0.4, 0.5) is 5.69 Å². The van der Waals surface area contributed by atoms with Gasteiger partial charge in [0, 0.05) is 47.0 Å². The fourth-order valence-corrected chi connectivity index (χ4v) is 5.72. The van der Waals surface area contributed by atoms with Crippen LogP contribution >= 0.6 is 23.6 Å². The summed E-state index contributed by atoms with van der Waals surface area (Å²) in [6.45, 7) is 9.66. The molecule has 0 radical (unpaired) electrons. The van der Waals surface area contributed by atoms with Gasteiger partial charge in [-0.2, -0.15) is 4.58 Å². The first-order chi connectivity index (χ1) is 15.9. The molecule has 0 saturated heterocycles. The van der Waals surface area contributed by atoms with Crippen LogP contribution in [0, 0.1) is 0 Å². The van der Waals surface area contributed by atoms with Crippen molar-refractivity contribution in [1.82, 2.24) is 0 Å². The van der Waals surface area contributed by atoms with Crippen LogP contribution in [-0.4, -0.2) is 27.8 Å². The minimum absolute atomic E-state index is 0.145. The Morgan fingerprint density at radius 2 is 1.97 bits per heavy atom. The molecule has 0 aromatic heterocycles. The lowest BCUT2D eigenvalue weighted by atomic mass is 9.79. The molecule has 4 rings (SSSR count). The van der Waals surface area contributed by atoms with Gasteiger partial charge >= 0.3 is 0 Å². The zero-order valence-electron chi connectivity index (χ0n) is 19.3. The summed E-state index contributed by atoms with van der Waals surface area (Å²) in [5.41, 5.74) is 6.00. The predicted octanol–water partition coefficient (Wildman–Crippen LogP) is 7.85. The molecule has 174 valence electrons. The van der Waals surface area contributed by atoms with E-state index in [1.165, 1.54) is 33.3 Å². The molecule has 2 aromatic rings. The fourth-order valence-electron chi connectivity index (χ4n) is 5.04. The van der Waals surface area contributed by atoms with Crippen LogP contribution in [0.5, 0.6) is 0 Å². The Hall–Kier alpha value is -1.89. The van der Waals surface area contributed by atoms with Gasteiger partial charge in [0.2, 0.25) is 5.69 Å². The summed E-state index contributed by atoms with van der Waals surface area (Å²) in [7, 11) is 0.